The predicted octanol–water partition coefficient (Wildman–Crippen LogP) is -1.16. The molecule has 0 aliphatic carbocycles. The lowest BCUT2D eigenvalue weighted by Gasteiger charge is -2.30. The first-order valence-electron chi connectivity index (χ1n) is 2.76. The number of ether oxygens (including phenoxy) is 1. The van der Waals surface area contributed by atoms with Gasteiger partial charge >= 0.3 is 5.97 Å². The molecule has 0 aromatic rings. The molecule has 4 heteroatoms. The van der Waals surface area contributed by atoms with Crippen molar-refractivity contribution in [2.75, 3.05) is 7.11 Å². The van der Waals surface area contributed by atoms with Crippen molar-refractivity contribution in [3.63, 3.8) is 0 Å². The topological polar surface area (TPSA) is 58.6 Å². The predicted molar refractivity (Wildman–Crippen MR) is 29.6 cm³/mol. The maximum absolute atomic E-state index is 10.5. The maximum Gasteiger partial charge on any atom is 0.323 e. The first-order valence-corrected chi connectivity index (χ1v) is 2.76. The third-order valence-electron chi connectivity index (χ3n) is 1.34. The monoisotopic (exact) mass is 131 g/mol. The summed E-state index contributed by atoms with van der Waals surface area (Å²) < 4.78 is 4.39. The first kappa shape index (κ1) is 6.51. The van der Waals surface area contributed by atoms with Crippen LogP contribution >= 0.6 is 0 Å². The summed E-state index contributed by atoms with van der Waals surface area (Å²) in [5, 5.41) is 11.2. The Balaban J connectivity index is 2.23. The van der Waals surface area contributed by atoms with E-state index in [-0.39, 0.29) is 12.0 Å². The number of rotatable bonds is 1. The fourth-order valence-corrected chi connectivity index (χ4v) is 0.738. The number of methoxy groups -OCH3 is 1. The Bertz CT molecular complexity index is 119. The van der Waals surface area contributed by atoms with Crippen molar-refractivity contribution in [1.29, 1.82) is 0 Å². The van der Waals surface area contributed by atoms with Gasteiger partial charge in [-0.1, -0.05) is 0 Å². The third kappa shape index (κ3) is 1.20. The molecular weight excluding hydrogens is 122 g/mol. The lowest BCUT2D eigenvalue weighted by molar-refractivity contribution is -0.149. The highest BCUT2D eigenvalue weighted by atomic mass is 16.5. The average Bonchev–Trinajstić information content (AvgIpc) is 1.79. The molecule has 2 atom stereocenters. The highest BCUT2D eigenvalue weighted by Gasteiger charge is 2.32. The number of carbonyl (C=O) groups excluding carboxylic acids is 1. The van der Waals surface area contributed by atoms with Gasteiger partial charge in [0.05, 0.1) is 7.11 Å². The lowest BCUT2D eigenvalue weighted by atomic mass is 10.1. The van der Waals surface area contributed by atoms with Crippen LogP contribution in [-0.2, 0) is 9.53 Å². The van der Waals surface area contributed by atoms with E-state index in [1.54, 1.807) is 0 Å². The smallest absolute Gasteiger partial charge is 0.323 e. The summed E-state index contributed by atoms with van der Waals surface area (Å²) in [6.45, 7) is 0. The molecule has 52 valence electrons. The Morgan fingerprint density at radius 1 is 1.89 bits per heavy atom. The zero-order valence-corrected chi connectivity index (χ0v) is 5.13. The normalized spacial score (nSPS) is 33.1. The number of aliphatic hydroxyl groups is 1. The van der Waals surface area contributed by atoms with Gasteiger partial charge in [-0.25, -0.2) is 0 Å². The Labute approximate surface area is 52.8 Å². The Morgan fingerprint density at radius 2 is 2.44 bits per heavy atom. The third-order valence-corrected chi connectivity index (χ3v) is 1.34. The summed E-state index contributed by atoms with van der Waals surface area (Å²) in [5.41, 5.74) is 0. The molecule has 0 amide bonds. The van der Waals surface area contributed by atoms with E-state index in [0.717, 1.165) is 0 Å². The number of esters is 1. The van der Waals surface area contributed by atoms with Crippen LogP contribution in [0.5, 0.6) is 0 Å². The SMILES string of the molecule is COC(=O)[C@H]1CC(O)N1. The number of nitrogens with one attached hydrogen (secondary N) is 1. The molecule has 0 saturated carbocycles. The van der Waals surface area contributed by atoms with Crippen LogP contribution in [0.3, 0.4) is 0 Å². The quantitative estimate of drug-likeness (QED) is 0.441. The van der Waals surface area contributed by atoms with Crippen molar-refractivity contribution in [1.82, 2.24) is 5.32 Å². The van der Waals surface area contributed by atoms with Gasteiger partial charge in [-0.3, -0.25) is 10.1 Å². The minimum absolute atomic E-state index is 0.287. The molecule has 1 rings (SSSR count). The Kier molecular flexibility index (Phi) is 1.68. The van der Waals surface area contributed by atoms with E-state index in [0.29, 0.717) is 6.42 Å². The second kappa shape index (κ2) is 2.33. The van der Waals surface area contributed by atoms with Crippen molar-refractivity contribution in [2.45, 2.75) is 18.7 Å². The van der Waals surface area contributed by atoms with Gasteiger partial charge in [0, 0.05) is 6.42 Å². The van der Waals surface area contributed by atoms with Crippen molar-refractivity contribution < 1.29 is 14.6 Å². The van der Waals surface area contributed by atoms with Crippen molar-refractivity contribution in [3.8, 4) is 0 Å². The van der Waals surface area contributed by atoms with Crippen LogP contribution in [0.1, 0.15) is 6.42 Å². The Morgan fingerprint density at radius 3 is 2.78 bits per heavy atom. The van der Waals surface area contributed by atoms with E-state index in [2.05, 4.69) is 10.1 Å². The van der Waals surface area contributed by atoms with Gasteiger partial charge in [-0.15, -0.1) is 0 Å². The molecule has 1 aliphatic heterocycles. The van der Waals surface area contributed by atoms with Crippen LogP contribution in [0.15, 0.2) is 0 Å². The summed E-state index contributed by atoms with van der Waals surface area (Å²) in [6.07, 6.45) is -0.0544. The molecule has 1 fully saturated rings. The highest BCUT2D eigenvalue weighted by molar-refractivity contribution is 5.76. The van der Waals surface area contributed by atoms with E-state index in [1.807, 2.05) is 0 Å². The first-order chi connectivity index (χ1) is 4.24. The van der Waals surface area contributed by atoms with Gasteiger partial charge < -0.3 is 9.84 Å². The number of carbonyl (C=O) groups is 1. The average molecular weight is 131 g/mol. The van der Waals surface area contributed by atoms with Crippen molar-refractivity contribution in [3.05, 3.63) is 0 Å². The van der Waals surface area contributed by atoms with E-state index >= 15 is 0 Å². The summed E-state index contributed by atoms with van der Waals surface area (Å²) >= 11 is 0. The molecule has 0 spiro atoms. The minimum atomic E-state index is -0.519. The molecule has 0 aromatic heterocycles. The zero-order chi connectivity index (χ0) is 6.85. The standard InChI is InChI=1S/C5H9NO3/c1-9-5(8)3-2-4(7)6-3/h3-4,6-7H,2H2,1H3/t3-,4?/m1/s1. The van der Waals surface area contributed by atoms with Gasteiger partial charge in [-0.05, 0) is 0 Å². The lowest BCUT2D eigenvalue weighted by Crippen LogP contribution is -2.56. The van der Waals surface area contributed by atoms with Crippen LogP contribution in [-0.4, -0.2) is 30.5 Å². The van der Waals surface area contributed by atoms with Crippen LogP contribution < -0.4 is 5.32 Å². The molecule has 1 saturated heterocycles. The molecule has 1 unspecified atom stereocenters. The fraction of sp³-hybridized carbons (Fsp3) is 0.800. The molecule has 1 aliphatic rings. The number of hydrogen-bond acceptors (Lipinski definition) is 4. The van der Waals surface area contributed by atoms with Crippen molar-refractivity contribution in [2.24, 2.45) is 0 Å². The van der Waals surface area contributed by atoms with Gasteiger partial charge in [0.25, 0.3) is 0 Å². The van der Waals surface area contributed by atoms with Crippen LogP contribution in [0.4, 0.5) is 0 Å². The second-order valence-corrected chi connectivity index (χ2v) is 1.99. The minimum Gasteiger partial charge on any atom is -0.468 e. The zero-order valence-electron chi connectivity index (χ0n) is 5.13. The second-order valence-electron chi connectivity index (χ2n) is 1.99. The van der Waals surface area contributed by atoms with E-state index < -0.39 is 6.23 Å². The summed E-state index contributed by atoms with van der Waals surface area (Å²) in [6, 6.07) is -0.287. The van der Waals surface area contributed by atoms with Crippen LogP contribution in [0.25, 0.3) is 0 Å². The Hall–Kier alpha value is -0.610. The van der Waals surface area contributed by atoms with E-state index in [1.165, 1.54) is 7.11 Å². The summed E-state index contributed by atoms with van der Waals surface area (Å²) in [4.78, 5) is 10.5. The molecule has 0 radical (unpaired) electrons. The molecule has 4 nitrogen and oxygen atoms in total. The molecule has 0 aromatic carbocycles. The van der Waals surface area contributed by atoms with Gasteiger partial charge in [0.2, 0.25) is 0 Å². The molecule has 1 heterocycles. The molecule has 9 heavy (non-hydrogen) atoms. The van der Waals surface area contributed by atoms with Crippen molar-refractivity contribution >= 4 is 5.97 Å². The van der Waals surface area contributed by atoms with Gasteiger partial charge in [0.15, 0.2) is 0 Å². The van der Waals surface area contributed by atoms with E-state index in [4.69, 9.17) is 5.11 Å². The van der Waals surface area contributed by atoms with E-state index in [9.17, 15) is 4.79 Å². The molecule has 2 N–H and O–H groups in total. The summed E-state index contributed by atoms with van der Waals surface area (Å²) in [5.74, 6) is -0.305. The molecular formula is C5H9NO3. The maximum atomic E-state index is 10.5. The number of hydrogen-bond donors (Lipinski definition) is 2. The molecule has 0 bridgehead atoms. The number of aliphatic hydroxyl groups excluding tert-OH is 1. The summed E-state index contributed by atoms with van der Waals surface area (Å²) in [7, 11) is 1.33. The highest BCUT2D eigenvalue weighted by Crippen LogP contribution is 2.09. The van der Waals surface area contributed by atoms with Gasteiger partial charge in [-0.2, -0.15) is 0 Å². The van der Waals surface area contributed by atoms with Gasteiger partial charge in [0.1, 0.15) is 12.3 Å². The van der Waals surface area contributed by atoms with Crippen LogP contribution in [0.2, 0.25) is 0 Å². The fourth-order valence-electron chi connectivity index (χ4n) is 0.738. The van der Waals surface area contributed by atoms with Crippen LogP contribution in [0, 0.1) is 0 Å². The largest absolute Gasteiger partial charge is 0.468 e.